The van der Waals surface area contributed by atoms with Crippen molar-refractivity contribution in [3.05, 3.63) is 0 Å². The van der Waals surface area contributed by atoms with Gasteiger partial charge >= 0.3 is 0 Å². The molecule has 2 amide bonds. The lowest BCUT2D eigenvalue weighted by molar-refractivity contribution is -0.148. The summed E-state index contributed by atoms with van der Waals surface area (Å²) in [6.45, 7) is 13.4. The van der Waals surface area contributed by atoms with E-state index in [1.165, 1.54) is 4.90 Å². The van der Waals surface area contributed by atoms with Crippen molar-refractivity contribution < 1.29 is 14.4 Å². The fourth-order valence-corrected chi connectivity index (χ4v) is 3.68. The molecule has 0 saturated carbocycles. The van der Waals surface area contributed by atoms with E-state index in [1.54, 1.807) is 6.92 Å². The summed E-state index contributed by atoms with van der Waals surface area (Å²) in [5.74, 6) is -0.468. The number of ketones is 1. The Morgan fingerprint density at radius 1 is 1.27 bits per heavy atom. The number of carbonyl (C=O) groups excluding carboxylic acids is 3. The number of carbonyl (C=O) groups is 3. The largest absolute Gasteiger partial charge is 0.300 e. The third-order valence-electron chi connectivity index (χ3n) is 5.09. The van der Waals surface area contributed by atoms with Gasteiger partial charge in [-0.3, -0.25) is 19.3 Å². The Hall–Kier alpha value is -1.19. The van der Waals surface area contributed by atoms with Gasteiger partial charge in [0.15, 0.2) is 0 Å². The van der Waals surface area contributed by atoms with E-state index in [4.69, 9.17) is 0 Å². The van der Waals surface area contributed by atoms with Gasteiger partial charge in [-0.1, -0.05) is 34.1 Å². The Bertz CT molecular complexity index is 465. The lowest BCUT2D eigenvalue weighted by Gasteiger charge is -2.37. The number of Topliss-reactive ketones (excluding diaryl/α,β-unsaturated/α-hetero) is 1. The van der Waals surface area contributed by atoms with Gasteiger partial charge in [-0.15, -0.1) is 0 Å². The zero-order chi connectivity index (χ0) is 17.3. The van der Waals surface area contributed by atoms with E-state index in [0.717, 1.165) is 12.8 Å². The molecule has 0 aliphatic carbocycles. The first kappa shape index (κ1) is 18.9. The second kappa shape index (κ2) is 6.51. The number of hydrogen-bond acceptors (Lipinski definition) is 3. The maximum atomic E-state index is 12.9. The predicted octanol–water partition coefficient (Wildman–Crippen LogP) is 3.58. The third-order valence-corrected chi connectivity index (χ3v) is 5.09. The molecule has 1 fully saturated rings. The van der Waals surface area contributed by atoms with Gasteiger partial charge < -0.3 is 0 Å². The van der Waals surface area contributed by atoms with Crippen molar-refractivity contribution in [2.45, 2.75) is 79.7 Å². The maximum Gasteiger partial charge on any atom is 0.233 e. The highest BCUT2D eigenvalue weighted by atomic mass is 16.2. The minimum absolute atomic E-state index is 0.0656. The summed E-state index contributed by atoms with van der Waals surface area (Å²) in [5, 5.41) is 0. The van der Waals surface area contributed by atoms with Crippen LogP contribution in [0.5, 0.6) is 0 Å². The Morgan fingerprint density at radius 2 is 1.82 bits per heavy atom. The summed E-state index contributed by atoms with van der Waals surface area (Å²) >= 11 is 0. The van der Waals surface area contributed by atoms with Gasteiger partial charge in [0.2, 0.25) is 11.8 Å². The van der Waals surface area contributed by atoms with Gasteiger partial charge in [-0.2, -0.15) is 0 Å². The Labute approximate surface area is 134 Å². The zero-order valence-electron chi connectivity index (χ0n) is 15.2. The summed E-state index contributed by atoms with van der Waals surface area (Å²) in [4.78, 5) is 38.3. The lowest BCUT2D eigenvalue weighted by Crippen LogP contribution is -2.50. The van der Waals surface area contributed by atoms with Crippen LogP contribution in [0.25, 0.3) is 0 Å². The summed E-state index contributed by atoms with van der Waals surface area (Å²) in [6.07, 6.45) is 2.73. The molecule has 2 unspecified atom stereocenters. The molecule has 1 rings (SSSR count). The van der Waals surface area contributed by atoms with Gasteiger partial charge in [0.1, 0.15) is 5.78 Å². The topological polar surface area (TPSA) is 54.5 Å². The molecule has 4 heteroatoms. The molecule has 1 heterocycles. The second-order valence-corrected chi connectivity index (χ2v) is 8.09. The van der Waals surface area contributed by atoms with Crippen LogP contribution in [0.2, 0.25) is 0 Å². The molecule has 0 N–H and O–H groups in total. The molecular weight excluding hydrogens is 278 g/mol. The SMILES string of the molecule is CCCC(C)(C)C1CC(=O)N(C(C)(C)CC(C)C(C)=O)C1=O. The Morgan fingerprint density at radius 3 is 2.27 bits per heavy atom. The van der Waals surface area contributed by atoms with Crippen LogP contribution in [-0.4, -0.2) is 28.0 Å². The van der Waals surface area contributed by atoms with Crippen LogP contribution >= 0.6 is 0 Å². The Kier molecular flexibility index (Phi) is 5.58. The van der Waals surface area contributed by atoms with Crippen molar-refractivity contribution in [1.82, 2.24) is 4.90 Å². The van der Waals surface area contributed by atoms with E-state index < -0.39 is 5.54 Å². The first-order valence-electron chi connectivity index (χ1n) is 8.31. The summed E-state index contributed by atoms with van der Waals surface area (Å²) in [6, 6.07) is 0. The number of nitrogens with zero attached hydrogens (tertiary/aromatic N) is 1. The fraction of sp³-hybridized carbons (Fsp3) is 0.833. The highest BCUT2D eigenvalue weighted by Crippen LogP contribution is 2.42. The number of amides is 2. The van der Waals surface area contributed by atoms with E-state index in [2.05, 4.69) is 20.8 Å². The number of imide groups is 1. The van der Waals surface area contributed by atoms with Crippen molar-refractivity contribution in [2.24, 2.45) is 17.3 Å². The summed E-state index contributed by atoms with van der Waals surface area (Å²) in [5.41, 5.74) is -0.783. The van der Waals surface area contributed by atoms with Crippen LogP contribution in [0.4, 0.5) is 0 Å². The average molecular weight is 309 g/mol. The summed E-state index contributed by atoms with van der Waals surface area (Å²) < 4.78 is 0. The highest BCUT2D eigenvalue weighted by molar-refractivity contribution is 6.04. The molecular formula is C18H31NO3. The molecule has 126 valence electrons. The van der Waals surface area contributed by atoms with E-state index >= 15 is 0 Å². The minimum Gasteiger partial charge on any atom is -0.300 e. The van der Waals surface area contributed by atoms with Crippen molar-refractivity contribution >= 4 is 17.6 Å². The van der Waals surface area contributed by atoms with Crippen molar-refractivity contribution in [2.75, 3.05) is 0 Å². The van der Waals surface area contributed by atoms with Crippen LogP contribution in [0, 0.1) is 17.3 Å². The first-order chi connectivity index (χ1) is 9.94. The van der Waals surface area contributed by atoms with Gasteiger partial charge in [0, 0.05) is 17.9 Å². The summed E-state index contributed by atoms with van der Waals surface area (Å²) in [7, 11) is 0. The number of hydrogen-bond donors (Lipinski definition) is 0. The molecule has 0 radical (unpaired) electrons. The minimum atomic E-state index is -0.615. The number of rotatable bonds is 7. The molecule has 1 saturated heterocycles. The van der Waals surface area contributed by atoms with E-state index in [-0.39, 0.29) is 34.8 Å². The van der Waals surface area contributed by atoms with Gasteiger partial charge in [0.05, 0.1) is 5.92 Å². The number of likely N-dealkylation sites (tertiary alicyclic amines) is 1. The molecule has 22 heavy (non-hydrogen) atoms. The third kappa shape index (κ3) is 3.76. The molecule has 4 nitrogen and oxygen atoms in total. The van der Waals surface area contributed by atoms with Crippen molar-refractivity contribution in [3.63, 3.8) is 0 Å². The van der Waals surface area contributed by atoms with Crippen molar-refractivity contribution in [3.8, 4) is 0 Å². The molecule has 0 aromatic carbocycles. The molecule has 0 spiro atoms. The molecule has 0 aromatic rings. The normalized spacial score (nSPS) is 21.4. The quantitative estimate of drug-likeness (QED) is 0.675. The molecule has 0 aromatic heterocycles. The van der Waals surface area contributed by atoms with Gasteiger partial charge in [-0.05, 0) is 39.0 Å². The molecule has 1 aliphatic rings. The van der Waals surface area contributed by atoms with Crippen LogP contribution in [0.3, 0.4) is 0 Å². The van der Waals surface area contributed by atoms with E-state index in [0.29, 0.717) is 12.8 Å². The molecule has 0 bridgehead atoms. The molecule has 2 atom stereocenters. The maximum absolute atomic E-state index is 12.9. The van der Waals surface area contributed by atoms with Crippen LogP contribution < -0.4 is 0 Å². The monoisotopic (exact) mass is 309 g/mol. The predicted molar refractivity (Wildman–Crippen MR) is 87.2 cm³/mol. The van der Waals surface area contributed by atoms with E-state index in [1.807, 2.05) is 20.8 Å². The zero-order valence-corrected chi connectivity index (χ0v) is 15.2. The van der Waals surface area contributed by atoms with Gasteiger partial charge in [-0.25, -0.2) is 0 Å². The highest BCUT2D eigenvalue weighted by Gasteiger charge is 2.50. The van der Waals surface area contributed by atoms with E-state index in [9.17, 15) is 14.4 Å². The first-order valence-corrected chi connectivity index (χ1v) is 8.31. The molecule has 1 aliphatic heterocycles. The van der Waals surface area contributed by atoms with Gasteiger partial charge in [0.25, 0.3) is 0 Å². The van der Waals surface area contributed by atoms with Crippen molar-refractivity contribution in [1.29, 1.82) is 0 Å². The van der Waals surface area contributed by atoms with Crippen LogP contribution in [0.15, 0.2) is 0 Å². The average Bonchev–Trinajstić information content (AvgIpc) is 2.65. The van der Waals surface area contributed by atoms with Crippen LogP contribution in [0.1, 0.15) is 74.1 Å². The Balaban J connectivity index is 2.99. The van der Waals surface area contributed by atoms with Crippen LogP contribution in [-0.2, 0) is 14.4 Å². The second-order valence-electron chi connectivity index (χ2n) is 8.09. The lowest BCUT2D eigenvalue weighted by atomic mass is 9.74. The fourth-order valence-electron chi connectivity index (χ4n) is 3.68. The smallest absolute Gasteiger partial charge is 0.233 e. The standard InChI is InChI=1S/C18H31NO3/c1-8-9-17(4,5)14-10-15(21)19(16(14)22)18(6,7)11-12(2)13(3)20/h12,14H,8-11H2,1-7H3.